The van der Waals surface area contributed by atoms with Crippen molar-refractivity contribution < 1.29 is 0 Å². The van der Waals surface area contributed by atoms with Gasteiger partial charge in [0.25, 0.3) is 0 Å². The lowest BCUT2D eigenvalue weighted by Gasteiger charge is -2.32. The van der Waals surface area contributed by atoms with Crippen LogP contribution in [0, 0.1) is 0 Å². The summed E-state index contributed by atoms with van der Waals surface area (Å²) in [4.78, 5) is 12.1. The van der Waals surface area contributed by atoms with Crippen LogP contribution < -0.4 is 4.57 Å². The minimum absolute atomic E-state index is 0.802. The SMILES string of the molecule is CCN(c1ncncn1)[Si](C)(C)C. The van der Waals surface area contributed by atoms with Crippen LogP contribution in [-0.4, -0.2) is 29.7 Å². The predicted octanol–water partition coefficient (Wildman–Crippen LogP) is 1.53. The molecule has 0 atom stereocenters. The molecule has 0 saturated carbocycles. The topological polar surface area (TPSA) is 41.9 Å². The maximum atomic E-state index is 4.15. The van der Waals surface area contributed by atoms with Crippen LogP contribution in [0.2, 0.25) is 19.6 Å². The van der Waals surface area contributed by atoms with Crippen LogP contribution in [0.5, 0.6) is 0 Å². The van der Waals surface area contributed by atoms with Crippen LogP contribution in [0.4, 0.5) is 5.95 Å². The fraction of sp³-hybridized carbons (Fsp3) is 0.625. The van der Waals surface area contributed by atoms with Crippen LogP contribution >= 0.6 is 0 Å². The molecule has 13 heavy (non-hydrogen) atoms. The van der Waals surface area contributed by atoms with Gasteiger partial charge in [-0.25, -0.2) is 15.0 Å². The van der Waals surface area contributed by atoms with Gasteiger partial charge in [-0.1, -0.05) is 19.6 Å². The third-order valence-corrected chi connectivity index (χ3v) is 3.98. The third kappa shape index (κ3) is 2.48. The Labute approximate surface area is 80.1 Å². The molecule has 0 spiro atoms. The number of hydrogen-bond acceptors (Lipinski definition) is 4. The molecular weight excluding hydrogens is 180 g/mol. The van der Waals surface area contributed by atoms with E-state index >= 15 is 0 Å². The van der Waals surface area contributed by atoms with E-state index in [9.17, 15) is 0 Å². The lowest BCUT2D eigenvalue weighted by atomic mass is 10.7. The molecule has 0 aliphatic rings. The Morgan fingerprint density at radius 2 is 1.77 bits per heavy atom. The maximum Gasteiger partial charge on any atom is 0.220 e. The molecule has 1 rings (SSSR count). The number of anilines is 1. The lowest BCUT2D eigenvalue weighted by Crippen LogP contribution is -2.47. The van der Waals surface area contributed by atoms with Gasteiger partial charge in [-0.2, -0.15) is 0 Å². The maximum absolute atomic E-state index is 4.15. The lowest BCUT2D eigenvalue weighted by molar-refractivity contribution is 0.939. The molecule has 0 radical (unpaired) electrons. The van der Waals surface area contributed by atoms with Gasteiger partial charge in [-0.3, -0.25) is 0 Å². The highest BCUT2D eigenvalue weighted by atomic mass is 28.3. The smallest absolute Gasteiger partial charge is 0.220 e. The van der Waals surface area contributed by atoms with Gasteiger partial charge >= 0.3 is 0 Å². The minimum atomic E-state index is -1.35. The van der Waals surface area contributed by atoms with Crippen molar-refractivity contribution in [2.45, 2.75) is 26.6 Å². The van der Waals surface area contributed by atoms with E-state index in [0.29, 0.717) is 0 Å². The number of hydrogen-bond donors (Lipinski definition) is 0. The fourth-order valence-corrected chi connectivity index (χ4v) is 2.95. The number of nitrogens with zero attached hydrogens (tertiary/aromatic N) is 4. The second-order valence-electron chi connectivity index (χ2n) is 3.85. The summed E-state index contributed by atoms with van der Waals surface area (Å²) in [6, 6.07) is 0. The monoisotopic (exact) mass is 196 g/mol. The van der Waals surface area contributed by atoms with Crippen LogP contribution in [-0.2, 0) is 0 Å². The Hall–Kier alpha value is -0.973. The summed E-state index contributed by atoms with van der Waals surface area (Å²) >= 11 is 0. The van der Waals surface area contributed by atoms with Crippen LogP contribution in [0.3, 0.4) is 0 Å². The average Bonchev–Trinajstić information content (AvgIpc) is 2.05. The van der Waals surface area contributed by atoms with Gasteiger partial charge < -0.3 is 4.57 Å². The summed E-state index contributed by atoms with van der Waals surface area (Å²) in [6.07, 6.45) is 3.09. The number of rotatable bonds is 3. The Balaban J connectivity index is 2.92. The fourth-order valence-electron chi connectivity index (χ4n) is 1.29. The average molecular weight is 196 g/mol. The Morgan fingerprint density at radius 3 is 2.15 bits per heavy atom. The molecule has 0 aliphatic heterocycles. The van der Waals surface area contributed by atoms with Crippen molar-refractivity contribution in [1.29, 1.82) is 0 Å². The summed E-state index contributed by atoms with van der Waals surface area (Å²) in [5.74, 6) is 0.802. The van der Waals surface area contributed by atoms with Crippen molar-refractivity contribution in [2.75, 3.05) is 11.1 Å². The van der Waals surface area contributed by atoms with E-state index < -0.39 is 8.24 Å². The highest BCUT2D eigenvalue weighted by Gasteiger charge is 2.24. The minimum Gasteiger partial charge on any atom is -0.368 e. The first-order valence-electron chi connectivity index (χ1n) is 4.45. The molecule has 1 aromatic heterocycles. The second kappa shape index (κ2) is 3.82. The van der Waals surface area contributed by atoms with Crippen molar-refractivity contribution in [2.24, 2.45) is 0 Å². The Kier molecular flexibility index (Phi) is 2.97. The first-order chi connectivity index (χ1) is 6.05. The van der Waals surface area contributed by atoms with E-state index in [0.717, 1.165) is 12.5 Å². The summed E-state index contributed by atoms with van der Waals surface area (Å²) in [6.45, 7) is 9.92. The molecule has 0 unspecified atom stereocenters. The van der Waals surface area contributed by atoms with E-state index in [1.807, 2.05) is 0 Å². The Morgan fingerprint density at radius 1 is 1.23 bits per heavy atom. The Bertz CT molecular complexity index is 257. The van der Waals surface area contributed by atoms with E-state index in [1.54, 1.807) is 12.7 Å². The molecule has 0 aromatic carbocycles. The summed E-state index contributed by atoms with van der Waals surface area (Å²) in [5.41, 5.74) is 0. The molecule has 72 valence electrons. The normalized spacial score (nSPS) is 11.4. The van der Waals surface area contributed by atoms with Crippen LogP contribution in [0.1, 0.15) is 6.92 Å². The quantitative estimate of drug-likeness (QED) is 0.688. The zero-order valence-electron chi connectivity index (χ0n) is 8.65. The second-order valence-corrected chi connectivity index (χ2v) is 8.73. The molecule has 1 aromatic rings. The third-order valence-electron chi connectivity index (χ3n) is 1.85. The van der Waals surface area contributed by atoms with Crippen molar-refractivity contribution in [3.8, 4) is 0 Å². The van der Waals surface area contributed by atoms with Gasteiger partial charge in [-0.05, 0) is 6.92 Å². The highest BCUT2D eigenvalue weighted by Crippen LogP contribution is 2.14. The summed E-state index contributed by atoms with van der Waals surface area (Å²) < 4.78 is 2.27. The zero-order valence-corrected chi connectivity index (χ0v) is 9.65. The largest absolute Gasteiger partial charge is 0.368 e. The molecule has 0 saturated heterocycles. The molecule has 0 N–H and O–H groups in total. The highest BCUT2D eigenvalue weighted by molar-refractivity contribution is 6.79. The van der Waals surface area contributed by atoms with E-state index in [4.69, 9.17) is 0 Å². The van der Waals surface area contributed by atoms with E-state index in [2.05, 4.69) is 46.1 Å². The molecule has 0 bridgehead atoms. The molecule has 5 heteroatoms. The van der Waals surface area contributed by atoms with E-state index in [1.165, 1.54) is 0 Å². The molecular formula is C8H16N4Si. The van der Waals surface area contributed by atoms with Crippen molar-refractivity contribution in [3.05, 3.63) is 12.7 Å². The van der Waals surface area contributed by atoms with Crippen molar-refractivity contribution in [1.82, 2.24) is 15.0 Å². The van der Waals surface area contributed by atoms with Crippen LogP contribution in [0.15, 0.2) is 12.7 Å². The number of aromatic nitrogens is 3. The molecule has 1 heterocycles. The summed E-state index contributed by atoms with van der Waals surface area (Å²) in [7, 11) is -1.35. The zero-order chi connectivity index (χ0) is 9.90. The van der Waals surface area contributed by atoms with Gasteiger partial charge in [0, 0.05) is 6.54 Å². The van der Waals surface area contributed by atoms with Gasteiger partial charge in [0.15, 0.2) is 8.24 Å². The van der Waals surface area contributed by atoms with Gasteiger partial charge in [0.05, 0.1) is 0 Å². The first-order valence-corrected chi connectivity index (χ1v) is 7.90. The van der Waals surface area contributed by atoms with Crippen molar-refractivity contribution in [3.63, 3.8) is 0 Å². The van der Waals surface area contributed by atoms with Crippen LogP contribution in [0.25, 0.3) is 0 Å². The summed E-state index contributed by atoms with van der Waals surface area (Å²) in [5, 5.41) is 0. The molecule has 0 fully saturated rings. The van der Waals surface area contributed by atoms with Gasteiger partial charge in [-0.15, -0.1) is 0 Å². The predicted molar refractivity (Wildman–Crippen MR) is 56.2 cm³/mol. The first kappa shape index (κ1) is 10.1. The van der Waals surface area contributed by atoms with E-state index in [-0.39, 0.29) is 0 Å². The van der Waals surface area contributed by atoms with Crippen molar-refractivity contribution >= 4 is 14.2 Å². The van der Waals surface area contributed by atoms with Gasteiger partial charge in [0.1, 0.15) is 12.7 Å². The molecule has 4 nitrogen and oxygen atoms in total. The van der Waals surface area contributed by atoms with Gasteiger partial charge in [0.2, 0.25) is 5.95 Å². The molecule has 0 aliphatic carbocycles. The molecule has 0 amide bonds. The standard InChI is InChI=1S/C8H16N4Si/c1-5-12(13(2,3)4)8-10-6-9-7-11-8/h6-7H,5H2,1-4H3.